The van der Waals surface area contributed by atoms with Gasteiger partial charge in [0, 0.05) is 60.7 Å². The van der Waals surface area contributed by atoms with Crippen LogP contribution in [0.15, 0.2) is 29.2 Å². The van der Waals surface area contributed by atoms with Gasteiger partial charge in [-0.15, -0.1) is 0 Å². The fourth-order valence-electron chi connectivity index (χ4n) is 5.65. The van der Waals surface area contributed by atoms with Crippen molar-refractivity contribution in [2.45, 2.75) is 57.0 Å². The van der Waals surface area contributed by atoms with E-state index in [1.165, 1.54) is 13.2 Å². The molecule has 4 aromatic rings. The molecule has 0 radical (unpaired) electrons. The molecule has 1 aliphatic carbocycles. The van der Waals surface area contributed by atoms with Crippen LogP contribution < -0.4 is 0 Å². The first kappa shape index (κ1) is 25.5. The molecular weight excluding hydrogens is 491 g/mol. The molecule has 0 aromatic carbocycles. The van der Waals surface area contributed by atoms with Crippen LogP contribution in [0, 0.1) is 19.8 Å². The van der Waals surface area contributed by atoms with Gasteiger partial charge < -0.3 is 9.09 Å². The third-order valence-electron chi connectivity index (χ3n) is 7.69. The number of alkyl halides is 5. The maximum Gasteiger partial charge on any atom is 0.435 e. The second-order valence-corrected chi connectivity index (χ2v) is 10.6. The number of pyridine rings is 1. The highest BCUT2D eigenvalue weighted by molar-refractivity contribution is 6.38. The van der Waals surface area contributed by atoms with Gasteiger partial charge in [0.1, 0.15) is 21.5 Å². The molecule has 0 amide bonds. The number of aryl methyl sites for hydroxylation is 3. The van der Waals surface area contributed by atoms with E-state index >= 15 is 0 Å². The lowest BCUT2D eigenvalue weighted by Gasteiger charge is -2.41. The number of fused-ring (bicyclic) bond motifs is 1. The average Bonchev–Trinajstić information content (AvgIpc) is 3.47. The minimum Gasteiger partial charge on any atom is -0.361 e. The van der Waals surface area contributed by atoms with E-state index in [0.717, 1.165) is 10.2 Å². The van der Waals surface area contributed by atoms with Gasteiger partial charge in [-0.1, -0.05) is 5.16 Å². The largest absolute Gasteiger partial charge is 0.435 e. The third-order valence-corrected chi connectivity index (χ3v) is 7.69. The zero-order chi connectivity index (χ0) is 26.9. The van der Waals surface area contributed by atoms with E-state index < -0.39 is 23.1 Å². The van der Waals surface area contributed by atoms with E-state index in [2.05, 4.69) is 15.2 Å². The number of halogens is 5. The van der Waals surface area contributed by atoms with E-state index in [1.807, 2.05) is 26.3 Å². The molecule has 5 rings (SSSR count). The molecule has 1 aliphatic rings. The van der Waals surface area contributed by atoms with E-state index in [-0.39, 0.29) is 29.9 Å². The minimum atomic E-state index is -4.66. The van der Waals surface area contributed by atoms with Crippen LogP contribution in [0.4, 0.5) is 22.0 Å². The highest BCUT2D eigenvalue weighted by Crippen LogP contribution is 2.45. The molecule has 1 saturated carbocycles. The summed E-state index contributed by atoms with van der Waals surface area (Å²) in [5.41, 5.74) is 2.32. The Hall–Kier alpha value is -3.11. The Labute approximate surface area is 212 Å². The summed E-state index contributed by atoms with van der Waals surface area (Å²) in [6.07, 6.45) is 0.132. The summed E-state index contributed by atoms with van der Waals surface area (Å²) in [5.74, 6) is -2.20. The monoisotopic (exact) mass is 517 g/mol. The van der Waals surface area contributed by atoms with Crippen molar-refractivity contribution in [2.24, 2.45) is 13.0 Å². The van der Waals surface area contributed by atoms with Crippen LogP contribution in [0.5, 0.6) is 0 Å². The number of hydrogen-bond acceptors (Lipinski definition) is 4. The molecule has 4 heterocycles. The molecule has 194 valence electrons. The highest BCUT2D eigenvalue weighted by atomic mass is 19.4. The highest BCUT2D eigenvalue weighted by Gasteiger charge is 2.43. The van der Waals surface area contributed by atoms with Crippen LogP contribution in [0.3, 0.4) is 0 Å². The van der Waals surface area contributed by atoms with Gasteiger partial charge in [-0.3, -0.25) is 9.67 Å². The van der Waals surface area contributed by atoms with Crippen molar-refractivity contribution in [3.05, 3.63) is 41.8 Å². The van der Waals surface area contributed by atoms with Crippen LogP contribution >= 0.6 is 0 Å². The minimum absolute atomic E-state index is 0.0812. The predicted molar refractivity (Wildman–Crippen MR) is 134 cm³/mol. The van der Waals surface area contributed by atoms with Crippen molar-refractivity contribution in [3.8, 4) is 22.3 Å². The Balaban J connectivity index is 1.74. The lowest BCUT2D eigenvalue weighted by molar-refractivity contribution is -0.140. The predicted octanol–water partition coefficient (Wildman–Crippen LogP) is 4.43. The molecule has 0 N–H and O–H groups in total. The molecule has 13 heteroatoms. The second kappa shape index (κ2) is 8.46. The summed E-state index contributed by atoms with van der Waals surface area (Å²) >= 11 is 0. The number of aromatic nitrogens is 5. The maximum atomic E-state index is 13.9. The molecule has 0 saturated heterocycles. The normalized spacial score (nSPS) is 17.1. The lowest BCUT2D eigenvalue weighted by atomic mass is 9.52. The SMILES string of the molecule is BC(B)(C1CCC(F)(F)CC1)n1cc(-c2cn(C)nc2C(F)(F)F)c2ncc(-c3c(C)noc3C)cc21. The zero-order valence-corrected chi connectivity index (χ0v) is 21.2. The summed E-state index contributed by atoms with van der Waals surface area (Å²) in [6, 6.07) is 1.86. The molecule has 0 spiro atoms. The molecule has 37 heavy (non-hydrogen) atoms. The average molecular weight is 517 g/mol. The molecular formula is C24H26B2F5N5O. The van der Waals surface area contributed by atoms with Crippen molar-refractivity contribution in [3.63, 3.8) is 0 Å². The smallest absolute Gasteiger partial charge is 0.361 e. The van der Waals surface area contributed by atoms with Gasteiger partial charge in [-0.05, 0) is 44.0 Å². The lowest BCUT2D eigenvalue weighted by Crippen LogP contribution is -2.45. The standard InChI is InChI=1S/C24H26B2F5N5O/c1-12-19(13(2)37-34-12)14-8-18-20(32-9-14)16(17-10-35(3)33-21(17)24(29,30)31)11-36(18)23(25,26)15-4-6-22(27,28)7-5-15/h8-11,15H,4-7,25-26H2,1-3H3. The fourth-order valence-corrected chi connectivity index (χ4v) is 5.65. The first-order valence-corrected chi connectivity index (χ1v) is 12.1. The van der Waals surface area contributed by atoms with Gasteiger partial charge in [0.2, 0.25) is 5.92 Å². The van der Waals surface area contributed by atoms with E-state index in [0.29, 0.717) is 40.9 Å². The topological polar surface area (TPSA) is 61.7 Å². The van der Waals surface area contributed by atoms with Crippen LogP contribution in [0.25, 0.3) is 33.3 Å². The van der Waals surface area contributed by atoms with Gasteiger partial charge >= 0.3 is 6.18 Å². The van der Waals surface area contributed by atoms with Gasteiger partial charge in [0.15, 0.2) is 5.69 Å². The quantitative estimate of drug-likeness (QED) is 0.297. The van der Waals surface area contributed by atoms with E-state index in [1.54, 1.807) is 26.2 Å². The first-order chi connectivity index (χ1) is 17.2. The van der Waals surface area contributed by atoms with Crippen molar-refractivity contribution >= 4 is 26.7 Å². The van der Waals surface area contributed by atoms with Crippen molar-refractivity contribution in [1.29, 1.82) is 0 Å². The van der Waals surface area contributed by atoms with Crippen LogP contribution in [0.1, 0.15) is 42.8 Å². The Bertz CT molecular complexity index is 1460. The first-order valence-electron chi connectivity index (χ1n) is 12.1. The van der Waals surface area contributed by atoms with Crippen molar-refractivity contribution in [1.82, 2.24) is 24.5 Å². The maximum absolute atomic E-state index is 13.9. The second-order valence-electron chi connectivity index (χ2n) is 10.6. The van der Waals surface area contributed by atoms with Crippen LogP contribution in [-0.4, -0.2) is 46.1 Å². The molecule has 1 fully saturated rings. The number of hydrogen-bond donors (Lipinski definition) is 0. The van der Waals surface area contributed by atoms with Crippen LogP contribution in [-0.2, 0) is 18.6 Å². The molecule has 0 bridgehead atoms. The van der Waals surface area contributed by atoms with Crippen molar-refractivity contribution < 1.29 is 26.5 Å². The third kappa shape index (κ3) is 4.35. The van der Waals surface area contributed by atoms with E-state index in [9.17, 15) is 22.0 Å². The molecule has 4 aromatic heterocycles. The number of nitrogens with zero attached hydrogens (tertiary/aromatic N) is 5. The summed E-state index contributed by atoms with van der Waals surface area (Å²) in [7, 11) is 5.33. The van der Waals surface area contributed by atoms with Crippen molar-refractivity contribution in [2.75, 3.05) is 0 Å². The molecule has 0 atom stereocenters. The Morgan fingerprint density at radius 3 is 2.35 bits per heavy atom. The molecule has 0 unspecified atom stereocenters. The summed E-state index contributed by atoms with van der Waals surface area (Å²) in [5, 5.41) is 7.01. The zero-order valence-electron chi connectivity index (χ0n) is 21.2. The van der Waals surface area contributed by atoms with Gasteiger partial charge in [-0.25, -0.2) is 8.78 Å². The number of rotatable bonds is 4. The molecule has 6 nitrogen and oxygen atoms in total. The van der Waals surface area contributed by atoms with Gasteiger partial charge in [0.25, 0.3) is 0 Å². The van der Waals surface area contributed by atoms with Gasteiger partial charge in [0.05, 0.1) is 16.7 Å². The van der Waals surface area contributed by atoms with E-state index in [4.69, 9.17) is 4.52 Å². The summed E-state index contributed by atoms with van der Waals surface area (Å²) in [4.78, 5) is 4.62. The summed E-state index contributed by atoms with van der Waals surface area (Å²) < 4.78 is 77.9. The van der Waals surface area contributed by atoms with Crippen LogP contribution in [0.2, 0.25) is 0 Å². The fraction of sp³-hybridized carbons (Fsp3) is 0.458. The Kier molecular flexibility index (Phi) is 5.84. The Morgan fingerprint density at radius 1 is 1.08 bits per heavy atom. The van der Waals surface area contributed by atoms with Gasteiger partial charge in [-0.2, -0.15) is 18.3 Å². The summed E-state index contributed by atoms with van der Waals surface area (Å²) in [6.45, 7) is 3.58. The Morgan fingerprint density at radius 2 is 1.76 bits per heavy atom. The molecule has 0 aliphatic heterocycles.